The van der Waals surface area contributed by atoms with E-state index in [9.17, 15) is 9.59 Å². The first-order chi connectivity index (χ1) is 6.65. The van der Waals surface area contributed by atoms with Crippen LogP contribution in [0.2, 0.25) is 0 Å². The van der Waals surface area contributed by atoms with Gasteiger partial charge >= 0.3 is 5.97 Å². The second-order valence-corrected chi connectivity index (χ2v) is 3.22. The largest absolute Gasteiger partial charge is 0.464 e. The second-order valence-electron chi connectivity index (χ2n) is 2.66. The molecule has 0 saturated carbocycles. The van der Waals surface area contributed by atoms with Crippen LogP contribution < -0.4 is 5.32 Å². The average Bonchev–Trinajstić information content (AvgIpc) is 2.17. The molecule has 0 spiro atoms. The maximum atomic E-state index is 11.3. The van der Waals surface area contributed by atoms with Gasteiger partial charge in [0.05, 0.1) is 6.61 Å². The molecule has 0 radical (unpaired) electrons. The molecule has 5 heteroatoms. The van der Waals surface area contributed by atoms with Crippen LogP contribution in [0, 0.1) is 0 Å². The Kier molecular flexibility index (Phi) is 7.10. The number of rotatable bonds is 6. The van der Waals surface area contributed by atoms with Crippen molar-refractivity contribution >= 4 is 28.3 Å². The molecule has 0 bridgehead atoms. The number of ether oxygens (including phenoxy) is 1. The summed E-state index contributed by atoms with van der Waals surface area (Å²) in [7, 11) is 0. The SMILES string of the molecule is CCOC(=O)C(/C=C(\C)CBr)NC=O. The van der Waals surface area contributed by atoms with E-state index in [1.807, 2.05) is 6.92 Å². The van der Waals surface area contributed by atoms with Crippen LogP contribution in [-0.4, -0.2) is 30.4 Å². The summed E-state index contributed by atoms with van der Waals surface area (Å²) in [6, 6.07) is -0.690. The number of halogens is 1. The van der Waals surface area contributed by atoms with E-state index >= 15 is 0 Å². The summed E-state index contributed by atoms with van der Waals surface area (Å²) in [4.78, 5) is 21.5. The number of nitrogens with one attached hydrogen (secondary N) is 1. The number of alkyl halides is 1. The highest BCUT2D eigenvalue weighted by molar-refractivity contribution is 9.09. The summed E-state index contributed by atoms with van der Waals surface area (Å²) in [5, 5.41) is 3.04. The Hall–Kier alpha value is -0.840. The van der Waals surface area contributed by atoms with Gasteiger partial charge in [-0.1, -0.05) is 27.6 Å². The lowest BCUT2D eigenvalue weighted by Crippen LogP contribution is -2.35. The molecule has 4 nitrogen and oxygen atoms in total. The fraction of sp³-hybridized carbons (Fsp3) is 0.556. The highest BCUT2D eigenvalue weighted by Crippen LogP contribution is 2.01. The van der Waals surface area contributed by atoms with Crippen LogP contribution in [0.15, 0.2) is 11.6 Å². The quantitative estimate of drug-likeness (QED) is 0.337. The number of hydrogen-bond acceptors (Lipinski definition) is 3. The molecular formula is C9H14BrNO3. The molecule has 1 N–H and O–H groups in total. The van der Waals surface area contributed by atoms with E-state index in [0.717, 1.165) is 5.57 Å². The van der Waals surface area contributed by atoms with Crippen LogP contribution >= 0.6 is 15.9 Å². The van der Waals surface area contributed by atoms with Crippen LogP contribution in [0.5, 0.6) is 0 Å². The van der Waals surface area contributed by atoms with Gasteiger partial charge in [-0.15, -0.1) is 0 Å². The standard InChI is InChI=1S/C9H14BrNO3/c1-3-14-9(13)8(11-6-12)4-7(2)5-10/h4,6,8H,3,5H2,1-2H3,(H,11,12)/b7-4+. The zero-order valence-electron chi connectivity index (χ0n) is 8.25. The number of carbonyl (C=O) groups is 2. The zero-order valence-corrected chi connectivity index (χ0v) is 9.83. The number of carbonyl (C=O) groups excluding carboxylic acids is 2. The maximum absolute atomic E-state index is 11.3. The molecule has 0 aliphatic carbocycles. The first-order valence-electron chi connectivity index (χ1n) is 4.25. The van der Waals surface area contributed by atoms with Crippen molar-refractivity contribution < 1.29 is 14.3 Å². The Morgan fingerprint density at radius 2 is 2.29 bits per heavy atom. The molecule has 1 atom stereocenters. The van der Waals surface area contributed by atoms with Crippen LogP contribution in [0.4, 0.5) is 0 Å². The van der Waals surface area contributed by atoms with Crippen molar-refractivity contribution in [3.63, 3.8) is 0 Å². The lowest BCUT2D eigenvalue weighted by molar-refractivity contribution is -0.145. The number of allylic oxidation sites excluding steroid dienone is 1. The van der Waals surface area contributed by atoms with Crippen molar-refractivity contribution in [3.8, 4) is 0 Å². The van der Waals surface area contributed by atoms with Crippen molar-refractivity contribution in [2.75, 3.05) is 11.9 Å². The van der Waals surface area contributed by atoms with E-state index in [1.54, 1.807) is 13.0 Å². The van der Waals surface area contributed by atoms with Crippen molar-refractivity contribution in [1.82, 2.24) is 5.32 Å². The van der Waals surface area contributed by atoms with E-state index < -0.39 is 12.0 Å². The molecule has 0 aromatic carbocycles. The van der Waals surface area contributed by atoms with Gasteiger partial charge in [0, 0.05) is 5.33 Å². The monoisotopic (exact) mass is 263 g/mol. The number of amides is 1. The summed E-state index contributed by atoms with van der Waals surface area (Å²) >= 11 is 3.25. The van der Waals surface area contributed by atoms with Crippen LogP contribution in [0.25, 0.3) is 0 Å². The first-order valence-corrected chi connectivity index (χ1v) is 5.37. The van der Waals surface area contributed by atoms with Crippen LogP contribution in [0.1, 0.15) is 13.8 Å². The third-order valence-corrected chi connectivity index (χ3v) is 2.33. The summed E-state index contributed by atoms with van der Waals surface area (Å²) in [5.41, 5.74) is 0.956. The predicted octanol–water partition coefficient (Wildman–Crippen LogP) is 1.01. The molecule has 0 fully saturated rings. The Labute approximate surface area is 91.8 Å². The summed E-state index contributed by atoms with van der Waals surface area (Å²) in [6.45, 7) is 3.88. The van der Waals surface area contributed by atoms with Crippen molar-refractivity contribution in [3.05, 3.63) is 11.6 Å². The summed E-state index contributed by atoms with van der Waals surface area (Å²) in [6.07, 6.45) is 2.14. The van der Waals surface area contributed by atoms with Gasteiger partial charge in [-0.25, -0.2) is 4.79 Å². The maximum Gasteiger partial charge on any atom is 0.332 e. The van der Waals surface area contributed by atoms with E-state index in [1.165, 1.54) is 0 Å². The van der Waals surface area contributed by atoms with E-state index in [-0.39, 0.29) is 0 Å². The molecular weight excluding hydrogens is 250 g/mol. The molecule has 0 aromatic heterocycles. The van der Waals surface area contributed by atoms with Crippen molar-refractivity contribution in [2.24, 2.45) is 0 Å². The van der Waals surface area contributed by atoms with Gasteiger partial charge in [0.15, 0.2) is 0 Å². The van der Waals surface area contributed by atoms with E-state index in [2.05, 4.69) is 21.2 Å². The van der Waals surface area contributed by atoms with Crippen LogP contribution in [0.3, 0.4) is 0 Å². The molecule has 0 aliphatic heterocycles. The highest BCUT2D eigenvalue weighted by Gasteiger charge is 2.15. The fourth-order valence-electron chi connectivity index (χ4n) is 0.819. The third-order valence-electron chi connectivity index (χ3n) is 1.45. The Morgan fingerprint density at radius 1 is 1.64 bits per heavy atom. The van der Waals surface area contributed by atoms with E-state index in [0.29, 0.717) is 18.3 Å². The van der Waals surface area contributed by atoms with Gasteiger partial charge in [0.1, 0.15) is 6.04 Å². The molecule has 0 saturated heterocycles. The average molecular weight is 264 g/mol. The molecule has 1 unspecified atom stereocenters. The predicted molar refractivity (Wildman–Crippen MR) is 57.2 cm³/mol. The Bertz CT molecular complexity index is 228. The zero-order chi connectivity index (χ0) is 11.0. The topological polar surface area (TPSA) is 55.4 Å². The van der Waals surface area contributed by atoms with Crippen molar-refractivity contribution in [2.45, 2.75) is 19.9 Å². The summed E-state index contributed by atoms with van der Waals surface area (Å²) < 4.78 is 4.78. The minimum Gasteiger partial charge on any atom is -0.464 e. The number of hydrogen-bond donors (Lipinski definition) is 1. The molecule has 0 heterocycles. The Balaban J connectivity index is 4.42. The van der Waals surface area contributed by atoms with E-state index in [4.69, 9.17) is 4.74 Å². The minimum absolute atomic E-state index is 0.303. The lowest BCUT2D eigenvalue weighted by atomic mass is 10.2. The lowest BCUT2D eigenvalue weighted by Gasteiger charge is -2.11. The van der Waals surface area contributed by atoms with Gasteiger partial charge in [-0.2, -0.15) is 0 Å². The normalized spacial score (nSPS) is 13.2. The second kappa shape index (κ2) is 7.55. The molecule has 0 rings (SSSR count). The molecule has 80 valence electrons. The fourth-order valence-corrected chi connectivity index (χ4v) is 1.01. The van der Waals surface area contributed by atoms with Crippen molar-refractivity contribution in [1.29, 1.82) is 0 Å². The molecule has 14 heavy (non-hydrogen) atoms. The first kappa shape index (κ1) is 13.2. The molecule has 1 amide bonds. The van der Waals surface area contributed by atoms with Gasteiger partial charge in [-0.3, -0.25) is 4.79 Å². The molecule has 0 aliphatic rings. The van der Waals surface area contributed by atoms with Gasteiger partial charge in [0.2, 0.25) is 6.41 Å². The van der Waals surface area contributed by atoms with Crippen LogP contribution in [-0.2, 0) is 14.3 Å². The number of esters is 1. The van der Waals surface area contributed by atoms with Gasteiger partial charge in [0.25, 0.3) is 0 Å². The smallest absolute Gasteiger partial charge is 0.332 e. The van der Waals surface area contributed by atoms with Gasteiger partial charge < -0.3 is 10.1 Å². The third kappa shape index (κ3) is 5.01. The minimum atomic E-state index is -0.690. The highest BCUT2D eigenvalue weighted by atomic mass is 79.9. The van der Waals surface area contributed by atoms with Gasteiger partial charge in [-0.05, 0) is 13.8 Å². The Morgan fingerprint density at radius 3 is 2.71 bits per heavy atom. The summed E-state index contributed by atoms with van der Waals surface area (Å²) in [5.74, 6) is -0.445. The molecule has 0 aromatic rings.